The Morgan fingerprint density at radius 3 is 2.09 bits per heavy atom. The standard InChI is InChI=1S/C50H46F2N3O12P/c51-41-20-36(54-23-38(67-49(54)58)29-66-68(60,64-26-33-12-6-2-7-13-33)65-27-34-14-8-3-9-15-34)18-19-43(41)63-31-50(59)22-37-28-61-47-44-39(21-42(52)45(47)55(37)30-50)46(56)40(24-53(44)35-16-17-35)48(57)62-25-32-10-4-1-5-11-32/h1-15,18-21,24,35,37-38,59H,16-17,22-23,25-31H2/t37-,38+,50-/m0/s1. The molecule has 4 aliphatic rings. The van der Waals surface area contributed by atoms with Gasteiger partial charge in [0, 0.05) is 24.7 Å². The van der Waals surface area contributed by atoms with Crippen LogP contribution in [-0.4, -0.2) is 72.4 Å². The van der Waals surface area contributed by atoms with Crippen molar-refractivity contribution < 1.29 is 60.6 Å². The van der Waals surface area contributed by atoms with Crippen molar-refractivity contribution in [3.63, 3.8) is 0 Å². The number of halogens is 2. The van der Waals surface area contributed by atoms with Crippen LogP contribution in [0.3, 0.4) is 0 Å². The Hall–Kier alpha value is -6.62. The molecule has 4 heterocycles. The molecule has 352 valence electrons. The zero-order valence-electron chi connectivity index (χ0n) is 36.5. The predicted molar refractivity (Wildman–Crippen MR) is 244 cm³/mol. The molecule has 0 spiro atoms. The van der Waals surface area contributed by atoms with Gasteiger partial charge in [0.05, 0.1) is 55.5 Å². The van der Waals surface area contributed by atoms with Gasteiger partial charge in [-0.25, -0.2) is 22.9 Å². The van der Waals surface area contributed by atoms with Gasteiger partial charge in [-0.2, -0.15) is 0 Å². The minimum absolute atomic E-state index is 0.0254. The Morgan fingerprint density at radius 1 is 0.809 bits per heavy atom. The van der Waals surface area contributed by atoms with Crippen molar-refractivity contribution in [3.05, 3.63) is 166 Å². The highest BCUT2D eigenvalue weighted by molar-refractivity contribution is 7.48. The van der Waals surface area contributed by atoms with Crippen molar-refractivity contribution in [1.82, 2.24) is 4.57 Å². The van der Waals surface area contributed by atoms with Crippen LogP contribution in [-0.2, 0) is 47.4 Å². The number of anilines is 2. The zero-order chi connectivity index (χ0) is 47.0. The molecule has 0 bridgehead atoms. The number of amides is 1. The number of cyclic esters (lactones) is 1. The lowest BCUT2D eigenvalue weighted by Gasteiger charge is -2.34. The number of nitrogens with zero attached hydrogens (tertiary/aromatic N) is 3. The van der Waals surface area contributed by atoms with Gasteiger partial charge in [0.2, 0.25) is 5.43 Å². The summed E-state index contributed by atoms with van der Waals surface area (Å²) in [6.07, 6.45) is 1.42. The Balaban J connectivity index is 0.790. The number of rotatable bonds is 17. The lowest BCUT2D eigenvalue weighted by Crippen LogP contribution is -2.41. The summed E-state index contributed by atoms with van der Waals surface area (Å²) >= 11 is 0. The van der Waals surface area contributed by atoms with Gasteiger partial charge in [-0.15, -0.1) is 0 Å². The van der Waals surface area contributed by atoms with Crippen molar-refractivity contribution >= 4 is 42.2 Å². The molecule has 3 aliphatic heterocycles. The van der Waals surface area contributed by atoms with Gasteiger partial charge in [0.25, 0.3) is 0 Å². The number of ether oxygens (including phenoxy) is 4. The molecule has 18 heteroatoms. The van der Waals surface area contributed by atoms with Gasteiger partial charge in [-0.3, -0.25) is 23.3 Å². The summed E-state index contributed by atoms with van der Waals surface area (Å²) in [5.74, 6) is -2.48. The summed E-state index contributed by atoms with van der Waals surface area (Å²) in [5.41, 5.74) is 0.321. The average molecular weight is 950 g/mol. The van der Waals surface area contributed by atoms with Crippen LogP contribution in [0, 0.1) is 11.6 Å². The molecular weight excluding hydrogens is 904 g/mol. The third-order valence-corrected chi connectivity index (χ3v) is 13.6. The third-order valence-electron chi connectivity index (χ3n) is 12.3. The van der Waals surface area contributed by atoms with Crippen molar-refractivity contribution in [2.45, 2.75) is 62.9 Å². The van der Waals surface area contributed by atoms with Crippen molar-refractivity contribution in [2.75, 3.05) is 42.7 Å². The molecule has 3 atom stereocenters. The fourth-order valence-electron chi connectivity index (χ4n) is 8.74. The van der Waals surface area contributed by atoms with Crippen molar-refractivity contribution in [3.8, 4) is 11.5 Å². The minimum atomic E-state index is -4.17. The summed E-state index contributed by atoms with van der Waals surface area (Å²) in [5, 5.41) is 11.8. The number of carbonyl (C=O) groups is 2. The van der Waals surface area contributed by atoms with Crippen molar-refractivity contribution in [2.24, 2.45) is 0 Å². The molecule has 1 N–H and O–H groups in total. The molecular formula is C50H46F2N3O12P. The van der Waals surface area contributed by atoms with Gasteiger partial charge in [-0.05, 0) is 47.7 Å². The maximum atomic E-state index is 16.3. The molecule has 1 aromatic heterocycles. The van der Waals surface area contributed by atoms with E-state index in [0.717, 1.165) is 41.7 Å². The fraction of sp³-hybridized carbons (Fsp3) is 0.300. The lowest BCUT2D eigenvalue weighted by molar-refractivity contribution is 0.00980. The quantitative estimate of drug-likeness (QED) is 0.0683. The number of pyridine rings is 1. The van der Waals surface area contributed by atoms with E-state index in [2.05, 4.69) is 0 Å². The average Bonchev–Trinajstić information content (AvgIpc) is 4.04. The second-order valence-corrected chi connectivity index (χ2v) is 19.0. The summed E-state index contributed by atoms with van der Waals surface area (Å²) in [4.78, 5) is 42.9. The van der Waals surface area contributed by atoms with Gasteiger partial charge in [0.15, 0.2) is 23.1 Å². The maximum absolute atomic E-state index is 16.3. The van der Waals surface area contributed by atoms with Crippen LogP contribution in [0.25, 0.3) is 10.9 Å². The normalized spacial score (nSPS) is 19.9. The van der Waals surface area contributed by atoms with Crippen LogP contribution in [0.15, 0.2) is 126 Å². The SMILES string of the molecule is O=C(OCc1ccccc1)c1cn(C2CC2)c2c3c(c(F)cc2c1=O)N1C[C@](O)(COc2ccc(N4C[C@H](COP(=O)(OCc5ccccc5)OCc5ccccc5)OC4=O)cc2F)C[C@H]1CO3. The number of carbonyl (C=O) groups excluding carboxylic acids is 2. The molecule has 5 aromatic carbocycles. The number of phosphoric ester groups is 1. The molecule has 68 heavy (non-hydrogen) atoms. The van der Waals surface area contributed by atoms with Gasteiger partial charge in [0.1, 0.15) is 42.8 Å². The second-order valence-electron chi connectivity index (χ2n) is 17.3. The smallest absolute Gasteiger partial charge is 0.475 e. The van der Waals surface area contributed by atoms with Crippen LogP contribution < -0.4 is 24.7 Å². The van der Waals surface area contributed by atoms with E-state index in [9.17, 15) is 24.1 Å². The number of fused-ring (bicyclic) bond motifs is 5. The Morgan fingerprint density at radius 2 is 1.46 bits per heavy atom. The first-order valence-electron chi connectivity index (χ1n) is 22.2. The summed E-state index contributed by atoms with van der Waals surface area (Å²) in [6.45, 7) is -0.988. The molecule has 10 rings (SSSR count). The Bertz CT molecular complexity index is 2910. The summed E-state index contributed by atoms with van der Waals surface area (Å²) < 4.78 is 87.6. The number of hydrogen-bond donors (Lipinski definition) is 1. The largest absolute Gasteiger partial charge is 0.487 e. The lowest BCUT2D eigenvalue weighted by atomic mass is 10.0. The van der Waals surface area contributed by atoms with E-state index in [-0.39, 0.29) is 99.0 Å². The van der Waals surface area contributed by atoms with Crippen molar-refractivity contribution in [1.29, 1.82) is 0 Å². The zero-order valence-corrected chi connectivity index (χ0v) is 37.4. The van der Waals surface area contributed by atoms with Crippen LogP contribution in [0.5, 0.6) is 11.5 Å². The highest BCUT2D eigenvalue weighted by Crippen LogP contribution is 2.52. The van der Waals surface area contributed by atoms with E-state index in [4.69, 9.17) is 32.5 Å². The monoisotopic (exact) mass is 949 g/mol. The molecule has 1 amide bonds. The first kappa shape index (κ1) is 45.2. The summed E-state index contributed by atoms with van der Waals surface area (Å²) in [6, 6.07) is 31.6. The van der Waals surface area contributed by atoms with Crippen LogP contribution in [0.1, 0.15) is 52.4 Å². The molecule has 1 saturated carbocycles. The van der Waals surface area contributed by atoms with E-state index < -0.39 is 54.7 Å². The van der Waals surface area contributed by atoms with Gasteiger partial charge in [-0.1, -0.05) is 91.0 Å². The fourth-order valence-corrected chi connectivity index (χ4v) is 9.92. The number of hydrogen-bond acceptors (Lipinski definition) is 13. The molecule has 0 radical (unpaired) electrons. The van der Waals surface area contributed by atoms with Crippen LogP contribution >= 0.6 is 7.82 Å². The molecule has 15 nitrogen and oxygen atoms in total. The number of phosphoric acid groups is 1. The van der Waals surface area contributed by atoms with Crippen LogP contribution in [0.4, 0.5) is 25.0 Å². The molecule has 2 saturated heterocycles. The number of esters is 1. The third kappa shape index (κ3) is 9.58. The summed E-state index contributed by atoms with van der Waals surface area (Å²) in [7, 11) is -4.17. The Labute approximate surface area is 388 Å². The molecule has 3 fully saturated rings. The topological polar surface area (TPSA) is 165 Å². The number of aromatic nitrogens is 1. The van der Waals surface area contributed by atoms with Gasteiger partial charge < -0.3 is 33.5 Å². The first-order valence-corrected chi connectivity index (χ1v) is 23.6. The molecule has 1 aliphatic carbocycles. The van der Waals surface area contributed by atoms with E-state index in [1.54, 1.807) is 45.9 Å². The van der Waals surface area contributed by atoms with E-state index >= 15 is 8.78 Å². The van der Waals surface area contributed by atoms with E-state index in [1.807, 2.05) is 54.6 Å². The maximum Gasteiger partial charge on any atom is 0.475 e. The van der Waals surface area contributed by atoms with Crippen LogP contribution in [0.2, 0.25) is 0 Å². The minimum Gasteiger partial charge on any atom is -0.487 e. The molecule has 0 unspecified atom stereocenters. The van der Waals surface area contributed by atoms with Gasteiger partial charge >= 0.3 is 19.9 Å². The first-order chi connectivity index (χ1) is 32.9. The number of benzene rings is 5. The highest BCUT2D eigenvalue weighted by atomic mass is 31.2. The number of aliphatic hydroxyl groups is 1. The molecule has 6 aromatic rings. The van der Waals surface area contributed by atoms with E-state index in [1.165, 1.54) is 23.2 Å². The predicted octanol–water partition coefficient (Wildman–Crippen LogP) is 8.64. The van der Waals surface area contributed by atoms with E-state index in [0.29, 0.717) is 5.52 Å². The Kier molecular flexibility index (Phi) is 12.5. The highest BCUT2D eigenvalue weighted by Gasteiger charge is 2.48. The second kappa shape index (κ2) is 18.8.